The summed E-state index contributed by atoms with van der Waals surface area (Å²) >= 11 is 0. The minimum atomic E-state index is -0.785. The number of esters is 1. The van der Waals surface area contributed by atoms with Crippen LogP contribution in [0.25, 0.3) is 0 Å². The molecule has 0 aliphatic rings. The van der Waals surface area contributed by atoms with Gasteiger partial charge in [0.05, 0.1) is 25.2 Å². The average molecular weight is 848 g/mol. The number of hydrogen-bond donors (Lipinski definition) is 3. The van der Waals surface area contributed by atoms with E-state index < -0.39 is 18.2 Å². The Morgan fingerprint density at radius 2 is 0.800 bits per heavy atom. The van der Waals surface area contributed by atoms with Crippen LogP contribution in [0, 0.1) is 0 Å². The smallest absolute Gasteiger partial charge is 0.306 e. The molecule has 3 atom stereocenters. The molecule has 0 aromatic rings. The van der Waals surface area contributed by atoms with Crippen LogP contribution in [-0.2, 0) is 14.3 Å². The van der Waals surface area contributed by atoms with E-state index >= 15 is 0 Å². The SMILES string of the molecule is CCCCC/C=C\CCCCCC(CC(=O)NC(CO)C(O)CCCCCCCCCCCCCCCCCC)OC(=O)CCCCCCCCCCCCCCCCC. The number of allylic oxidation sites excluding steroid dienone is 2. The van der Waals surface area contributed by atoms with Crippen molar-refractivity contribution in [2.45, 2.75) is 315 Å². The monoisotopic (exact) mass is 848 g/mol. The largest absolute Gasteiger partial charge is 0.462 e. The van der Waals surface area contributed by atoms with Crippen LogP contribution in [0.2, 0.25) is 0 Å². The topological polar surface area (TPSA) is 95.9 Å². The highest BCUT2D eigenvalue weighted by Gasteiger charge is 2.24. The maximum absolute atomic E-state index is 13.2. The van der Waals surface area contributed by atoms with Crippen molar-refractivity contribution in [2.24, 2.45) is 0 Å². The van der Waals surface area contributed by atoms with Crippen molar-refractivity contribution in [3.8, 4) is 0 Å². The van der Waals surface area contributed by atoms with Crippen LogP contribution in [0.5, 0.6) is 0 Å². The number of carbonyl (C=O) groups excluding carboxylic acids is 2. The number of rotatable bonds is 49. The summed E-state index contributed by atoms with van der Waals surface area (Å²) in [6.07, 6.45) is 54.2. The maximum Gasteiger partial charge on any atom is 0.306 e. The van der Waals surface area contributed by atoms with Gasteiger partial charge in [0.1, 0.15) is 6.10 Å². The predicted molar refractivity (Wildman–Crippen MR) is 260 cm³/mol. The highest BCUT2D eigenvalue weighted by atomic mass is 16.5. The Morgan fingerprint density at radius 1 is 0.467 bits per heavy atom. The summed E-state index contributed by atoms with van der Waals surface area (Å²) < 4.78 is 5.92. The standard InChI is InChI=1S/C54H105NO5/c1-4-7-10-13-16-19-22-24-26-28-29-31-34-37-40-43-46-52(57)51(49-56)55-53(58)48-50(45-42-39-36-33-21-18-15-12-9-6-3)60-54(59)47-44-41-38-35-32-30-27-25-23-20-17-14-11-8-5-2/h18,21,50-52,56-57H,4-17,19-20,22-49H2,1-3H3,(H,55,58)/b21-18-. The van der Waals surface area contributed by atoms with Gasteiger partial charge in [0.15, 0.2) is 0 Å². The van der Waals surface area contributed by atoms with Gasteiger partial charge >= 0.3 is 5.97 Å². The van der Waals surface area contributed by atoms with Crippen molar-refractivity contribution >= 4 is 11.9 Å². The van der Waals surface area contributed by atoms with Gasteiger partial charge in [-0.3, -0.25) is 9.59 Å². The first-order chi connectivity index (χ1) is 29.5. The zero-order valence-electron chi connectivity index (χ0n) is 40.6. The molecule has 0 saturated heterocycles. The van der Waals surface area contributed by atoms with Gasteiger partial charge in [0, 0.05) is 6.42 Å². The molecular weight excluding hydrogens is 743 g/mol. The lowest BCUT2D eigenvalue weighted by Crippen LogP contribution is -2.46. The number of carbonyl (C=O) groups is 2. The second-order valence-electron chi connectivity index (χ2n) is 18.6. The van der Waals surface area contributed by atoms with E-state index in [1.54, 1.807) is 0 Å². The molecule has 0 saturated carbocycles. The maximum atomic E-state index is 13.2. The molecule has 60 heavy (non-hydrogen) atoms. The van der Waals surface area contributed by atoms with Crippen LogP contribution in [-0.4, -0.2) is 46.9 Å². The molecular formula is C54H105NO5. The van der Waals surface area contributed by atoms with Crippen LogP contribution in [0.15, 0.2) is 12.2 Å². The van der Waals surface area contributed by atoms with Crippen LogP contribution in [0.4, 0.5) is 0 Å². The Kier molecular flexibility index (Phi) is 47.5. The molecule has 0 rings (SSSR count). The highest BCUT2D eigenvalue weighted by molar-refractivity contribution is 5.77. The first kappa shape index (κ1) is 58.6. The van der Waals surface area contributed by atoms with E-state index in [9.17, 15) is 19.8 Å². The fourth-order valence-electron chi connectivity index (χ4n) is 8.49. The van der Waals surface area contributed by atoms with E-state index in [0.717, 1.165) is 64.2 Å². The second kappa shape index (κ2) is 48.6. The molecule has 0 aromatic heterocycles. The van der Waals surface area contributed by atoms with E-state index in [4.69, 9.17) is 4.74 Å². The summed E-state index contributed by atoms with van der Waals surface area (Å²) in [6, 6.07) is -0.699. The summed E-state index contributed by atoms with van der Waals surface area (Å²) in [7, 11) is 0. The third kappa shape index (κ3) is 43.3. The quantitative estimate of drug-likeness (QED) is 0.0322. The Balaban J connectivity index is 4.43. The first-order valence-corrected chi connectivity index (χ1v) is 26.9. The fourth-order valence-corrected chi connectivity index (χ4v) is 8.49. The molecule has 3 N–H and O–H groups in total. The van der Waals surface area contributed by atoms with Gasteiger partial charge in [-0.25, -0.2) is 0 Å². The Morgan fingerprint density at radius 3 is 1.22 bits per heavy atom. The van der Waals surface area contributed by atoms with Crippen molar-refractivity contribution in [1.82, 2.24) is 5.32 Å². The van der Waals surface area contributed by atoms with Gasteiger partial charge in [-0.15, -0.1) is 0 Å². The molecule has 0 spiro atoms. The Hall–Kier alpha value is -1.40. The molecule has 0 aromatic carbocycles. The van der Waals surface area contributed by atoms with E-state index in [2.05, 4.69) is 38.2 Å². The average Bonchev–Trinajstić information content (AvgIpc) is 3.24. The van der Waals surface area contributed by atoms with Crippen LogP contribution in [0.3, 0.4) is 0 Å². The number of hydrogen-bond acceptors (Lipinski definition) is 5. The van der Waals surface area contributed by atoms with E-state index in [0.29, 0.717) is 19.3 Å². The number of unbranched alkanes of at least 4 members (excludes halogenated alkanes) is 35. The number of aliphatic hydroxyl groups excluding tert-OH is 2. The summed E-state index contributed by atoms with van der Waals surface area (Å²) in [5, 5.41) is 23.8. The Labute approximate surface area is 374 Å². The summed E-state index contributed by atoms with van der Waals surface area (Å²) in [5.41, 5.74) is 0. The molecule has 0 aliphatic carbocycles. The fraction of sp³-hybridized carbons (Fsp3) is 0.926. The lowest BCUT2D eigenvalue weighted by Gasteiger charge is -2.24. The summed E-state index contributed by atoms with van der Waals surface area (Å²) in [4.78, 5) is 26.1. The molecule has 6 heteroatoms. The van der Waals surface area contributed by atoms with Crippen LogP contribution < -0.4 is 5.32 Å². The lowest BCUT2D eigenvalue weighted by atomic mass is 10.0. The molecule has 0 aliphatic heterocycles. The zero-order valence-corrected chi connectivity index (χ0v) is 40.6. The van der Waals surface area contributed by atoms with Gasteiger partial charge in [-0.1, -0.05) is 245 Å². The number of aliphatic hydroxyl groups is 2. The minimum Gasteiger partial charge on any atom is -0.462 e. The van der Waals surface area contributed by atoms with Crippen molar-refractivity contribution in [3.05, 3.63) is 12.2 Å². The van der Waals surface area contributed by atoms with Crippen LogP contribution >= 0.6 is 0 Å². The zero-order chi connectivity index (χ0) is 43.8. The molecule has 356 valence electrons. The third-order valence-corrected chi connectivity index (χ3v) is 12.6. The van der Waals surface area contributed by atoms with E-state index in [1.807, 2.05) is 0 Å². The summed E-state index contributed by atoms with van der Waals surface area (Å²) in [6.45, 7) is 6.48. The van der Waals surface area contributed by atoms with Gasteiger partial charge in [-0.2, -0.15) is 0 Å². The van der Waals surface area contributed by atoms with Gasteiger partial charge in [0.25, 0.3) is 0 Å². The number of nitrogens with one attached hydrogen (secondary N) is 1. The van der Waals surface area contributed by atoms with Crippen molar-refractivity contribution in [2.75, 3.05) is 6.61 Å². The highest BCUT2D eigenvalue weighted by Crippen LogP contribution is 2.18. The molecule has 1 amide bonds. The molecule has 0 heterocycles. The van der Waals surface area contributed by atoms with Gasteiger partial charge in [-0.05, 0) is 51.4 Å². The van der Waals surface area contributed by atoms with Gasteiger partial charge < -0.3 is 20.3 Å². The van der Waals surface area contributed by atoms with Gasteiger partial charge in [0.2, 0.25) is 5.91 Å². The number of ether oxygens (including phenoxy) is 1. The third-order valence-electron chi connectivity index (χ3n) is 12.6. The predicted octanol–water partition coefficient (Wildman–Crippen LogP) is 16.1. The molecule has 0 radical (unpaired) electrons. The van der Waals surface area contributed by atoms with E-state index in [1.165, 1.54) is 186 Å². The van der Waals surface area contributed by atoms with Crippen molar-refractivity contribution < 1.29 is 24.5 Å². The van der Waals surface area contributed by atoms with Crippen molar-refractivity contribution in [3.63, 3.8) is 0 Å². The van der Waals surface area contributed by atoms with Crippen molar-refractivity contribution in [1.29, 1.82) is 0 Å². The van der Waals surface area contributed by atoms with E-state index in [-0.39, 0.29) is 24.9 Å². The second-order valence-corrected chi connectivity index (χ2v) is 18.6. The molecule has 3 unspecified atom stereocenters. The van der Waals surface area contributed by atoms with Crippen LogP contribution in [0.1, 0.15) is 297 Å². The first-order valence-electron chi connectivity index (χ1n) is 26.9. The summed E-state index contributed by atoms with van der Waals surface area (Å²) in [5.74, 6) is -0.473. The minimum absolute atomic E-state index is 0.0736. The molecule has 6 nitrogen and oxygen atoms in total. The molecule has 0 fully saturated rings. The Bertz CT molecular complexity index is 909. The molecule has 0 bridgehead atoms. The number of amides is 1. The lowest BCUT2D eigenvalue weighted by molar-refractivity contribution is -0.151. The normalized spacial score (nSPS) is 13.2.